The summed E-state index contributed by atoms with van der Waals surface area (Å²) in [6.45, 7) is 3.06. The van der Waals surface area contributed by atoms with E-state index < -0.39 is 23.8 Å². The third-order valence-electron chi connectivity index (χ3n) is 2.92. The van der Waals surface area contributed by atoms with Crippen LogP contribution in [0.4, 0.5) is 10.2 Å². The standard InChI is InChI=1S/C15H15FN2O5/c1-8-6-13(18-23-8)17-14(19)9(2)22-15(20)10-4-5-12(21-3)11(16)7-10/h4-7,9H,1-3H3,(H,17,18,19)/t9-/m0/s1. The average molecular weight is 322 g/mol. The van der Waals surface area contributed by atoms with Gasteiger partial charge < -0.3 is 19.3 Å². The van der Waals surface area contributed by atoms with Crippen LogP contribution in [0.5, 0.6) is 5.75 Å². The highest BCUT2D eigenvalue weighted by molar-refractivity contribution is 5.96. The van der Waals surface area contributed by atoms with E-state index in [2.05, 4.69) is 10.5 Å². The molecule has 122 valence electrons. The normalized spacial score (nSPS) is 11.7. The van der Waals surface area contributed by atoms with Crippen LogP contribution in [0.25, 0.3) is 0 Å². The lowest BCUT2D eigenvalue weighted by molar-refractivity contribution is -0.123. The third kappa shape index (κ3) is 4.06. The zero-order chi connectivity index (χ0) is 17.0. The van der Waals surface area contributed by atoms with Gasteiger partial charge >= 0.3 is 5.97 Å². The van der Waals surface area contributed by atoms with E-state index in [9.17, 15) is 14.0 Å². The van der Waals surface area contributed by atoms with Crippen molar-refractivity contribution in [2.24, 2.45) is 0 Å². The number of carbonyl (C=O) groups is 2. The summed E-state index contributed by atoms with van der Waals surface area (Å²) in [6, 6.07) is 5.14. The molecule has 1 aromatic heterocycles. The number of amides is 1. The quantitative estimate of drug-likeness (QED) is 0.850. The summed E-state index contributed by atoms with van der Waals surface area (Å²) < 4.78 is 28.1. The van der Waals surface area contributed by atoms with Crippen molar-refractivity contribution in [3.05, 3.63) is 41.4 Å². The number of aromatic nitrogens is 1. The summed E-state index contributed by atoms with van der Waals surface area (Å²) in [5, 5.41) is 6.03. The van der Waals surface area contributed by atoms with Gasteiger partial charge in [0.05, 0.1) is 12.7 Å². The Morgan fingerprint density at radius 1 is 1.35 bits per heavy atom. The van der Waals surface area contributed by atoms with Gasteiger partial charge in [-0.1, -0.05) is 5.16 Å². The van der Waals surface area contributed by atoms with Crippen molar-refractivity contribution in [1.29, 1.82) is 0 Å². The Morgan fingerprint density at radius 3 is 2.65 bits per heavy atom. The van der Waals surface area contributed by atoms with Crippen LogP contribution in [-0.2, 0) is 9.53 Å². The van der Waals surface area contributed by atoms with Gasteiger partial charge in [0.2, 0.25) is 0 Å². The molecule has 0 unspecified atom stereocenters. The largest absolute Gasteiger partial charge is 0.494 e. The first kappa shape index (κ1) is 16.5. The summed E-state index contributed by atoms with van der Waals surface area (Å²) in [4.78, 5) is 23.8. The van der Waals surface area contributed by atoms with E-state index in [-0.39, 0.29) is 17.1 Å². The highest BCUT2D eigenvalue weighted by atomic mass is 19.1. The number of benzene rings is 1. The Bertz CT molecular complexity index is 728. The summed E-state index contributed by atoms with van der Waals surface area (Å²) in [7, 11) is 1.31. The number of hydrogen-bond donors (Lipinski definition) is 1. The van der Waals surface area contributed by atoms with Crippen molar-refractivity contribution >= 4 is 17.7 Å². The lowest BCUT2D eigenvalue weighted by Crippen LogP contribution is -2.30. The minimum atomic E-state index is -1.09. The van der Waals surface area contributed by atoms with Gasteiger partial charge in [0.1, 0.15) is 5.76 Å². The second-order valence-corrected chi connectivity index (χ2v) is 4.71. The van der Waals surface area contributed by atoms with E-state index in [1.54, 1.807) is 6.92 Å². The summed E-state index contributed by atoms with van der Waals surface area (Å²) >= 11 is 0. The highest BCUT2D eigenvalue weighted by Crippen LogP contribution is 2.18. The SMILES string of the molecule is COc1ccc(C(=O)O[C@@H](C)C(=O)Nc2cc(C)on2)cc1F. The smallest absolute Gasteiger partial charge is 0.339 e. The molecule has 0 radical (unpaired) electrons. The van der Waals surface area contributed by atoms with Gasteiger partial charge in [-0.2, -0.15) is 0 Å². The second kappa shape index (κ2) is 6.91. The van der Waals surface area contributed by atoms with Crippen molar-refractivity contribution in [1.82, 2.24) is 5.16 Å². The van der Waals surface area contributed by atoms with Gasteiger partial charge in [0, 0.05) is 6.07 Å². The molecule has 2 rings (SSSR count). The van der Waals surface area contributed by atoms with Gasteiger partial charge in [-0.3, -0.25) is 4.79 Å². The molecule has 8 heteroatoms. The van der Waals surface area contributed by atoms with Crippen LogP contribution < -0.4 is 10.1 Å². The number of methoxy groups -OCH3 is 1. The predicted molar refractivity (Wildman–Crippen MR) is 77.7 cm³/mol. The van der Waals surface area contributed by atoms with Crippen LogP contribution in [0.15, 0.2) is 28.8 Å². The predicted octanol–water partition coefficient (Wildman–Crippen LogP) is 2.31. The molecule has 1 atom stereocenters. The molecule has 0 aliphatic rings. The molecule has 7 nitrogen and oxygen atoms in total. The van der Waals surface area contributed by atoms with Crippen LogP contribution in [0.3, 0.4) is 0 Å². The molecule has 2 aromatic rings. The highest BCUT2D eigenvalue weighted by Gasteiger charge is 2.21. The number of nitrogens with zero attached hydrogens (tertiary/aromatic N) is 1. The Balaban J connectivity index is 1.98. The van der Waals surface area contributed by atoms with Gasteiger partial charge in [-0.25, -0.2) is 9.18 Å². The molecule has 1 amide bonds. The molecule has 0 saturated carbocycles. The number of esters is 1. The molecule has 1 heterocycles. The number of anilines is 1. The van der Waals surface area contributed by atoms with Crippen LogP contribution in [-0.4, -0.2) is 30.2 Å². The van der Waals surface area contributed by atoms with E-state index in [1.807, 2.05) is 0 Å². The molecular formula is C15H15FN2O5. The maximum atomic E-state index is 13.6. The third-order valence-corrected chi connectivity index (χ3v) is 2.92. The van der Waals surface area contributed by atoms with Crippen molar-refractivity contribution < 1.29 is 28.0 Å². The molecule has 0 aliphatic heterocycles. The maximum Gasteiger partial charge on any atom is 0.339 e. The topological polar surface area (TPSA) is 90.7 Å². The fraction of sp³-hybridized carbons (Fsp3) is 0.267. The first-order valence-electron chi connectivity index (χ1n) is 6.69. The van der Waals surface area contributed by atoms with Crippen molar-refractivity contribution in [3.63, 3.8) is 0 Å². The van der Waals surface area contributed by atoms with Crippen LogP contribution in [0.2, 0.25) is 0 Å². The fourth-order valence-corrected chi connectivity index (χ4v) is 1.73. The maximum absolute atomic E-state index is 13.6. The monoisotopic (exact) mass is 322 g/mol. The molecule has 0 aliphatic carbocycles. The number of nitrogens with one attached hydrogen (secondary N) is 1. The number of rotatable bonds is 5. The Labute approximate surface area is 131 Å². The first-order chi connectivity index (χ1) is 10.9. The zero-order valence-corrected chi connectivity index (χ0v) is 12.8. The van der Waals surface area contributed by atoms with Crippen LogP contribution in [0, 0.1) is 12.7 Å². The molecule has 0 saturated heterocycles. The molecule has 0 bridgehead atoms. The zero-order valence-electron chi connectivity index (χ0n) is 12.8. The minimum absolute atomic E-state index is 0.00810. The summed E-state index contributed by atoms with van der Waals surface area (Å²) in [5.74, 6) is -1.36. The van der Waals surface area contributed by atoms with E-state index in [1.165, 1.54) is 32.2 Å². The van der Waals surface area contributed by atoms with Crippen molar-refractivity contribution in [2.45, 2.75) is 20.0 Å². The molecule has 1 N–H and O–H groups in total. The summed E-state index contributed by atoms with van der Waals surface area (Å²) in [5.41, 5.74) is -0.0276. The van der Waals surface area contributed by atoms with Gasteiger partial charge in [-0.15, -0.1) is 0 Å². The van der Waals surface area contributed by atoms with Gasteiger partial charge in [-0.05, 0) is 32.0 Å². The number of ether oxygens (including phenoxy) is 2. The number of aryl methyl sites for hydroxylation is 1. The number of hydrogen-bond acceptors (Lipinski definition) is 6. The number of halogens is 1. The lowest BCUT2D eigenvalue weighted by Gasteiger charge is -2.12. The molecule has 23 heavy (non-hydrogen) atoms. The molecular weight excluding hydrogens is 307 g/mol. The van der Waals surface area contributed by atoms with Crippen LogP contribution in [0.1, 0.15) is 23.0 Å². The Kier molecular flexibility index (Phi) is 4.95. The van der Waals surface area contributed by atoms with Gasteiger partial charge in [0.15, 0.2) is 23.5 Å². The first-order valence-corrected chi connectivity index (χ1v) is 6.69. The average Bonchev–Trinajstić information content (AvgIpc) is 2.92. The Hall–Kier alpha value is -2.90. The van der Waals surface area contributed by atoms with Crippen molar-refractivity contribution in [3.8, 4) is 5.75 Å². The van der Waals surface area contributed by atoms with Gasteiger partial charge in [0.25, 0.3) is 5.91 Å². The fourth-order valence-electron chi connectivity index (χ4n) is 1.73. The molecule has 1 aromatic carbocycles. The lowest BCUT2D eigenvalue weighted by atomic mass is 10.2. The van der Waals surface area contributed by atoms with E-state index in [4.69, 9.17) is 14.0 Å². The number of carbonyl (C=O) groups excluding carboxylic acids is 2. The van der Waals surface area contributed by atoms with E-state index >= 15 is 0 Å². The summed E-state index contributed by atoms with van der Waals surface area (Å²) in [6.07, 6.45) is -1.09. The van der Waals surface area contributed by atoms with Crippen molar-refractivity contribution in [2.75, 3.05) is 12.4 Å². The Morgan fingerprint density at radius 2 is 2.09 bits per heavy atom. The van der Waals surface area contributed by atoms with E-state index in [0.717, 1.165) is 6.07 Å². The van der Waals surface area contributed by atoms with Crippen LogP contribution >= 0.6 is 0 Å². The second-order valence-electron chi connectivity index (χ2n) is 4.71. The molecule has 0 fully saturated rings. The molecule has 0 spiro atoms. The minimum Gasteiger partial charge on any atom is -0.494 e. The van der Waals surface area contributed by atoms with E-state index in [0.29, 0.717) is 5.76 Å².